The number of pyridine rings is 1. The van der Waals surface area contributed by atoms with Crippen LogP contribution in [0.25, 0.3) is 0 Å². The van der Waals surface area contributed by atoms with Crippen LogP contribution in [0.2, 0.25) is 0 Å². The van der Waals surface area contributed by atoms with Crippen molar-refractivity contribution in [2.75, 3.05) is 26.2 Å². The van der Waals surface area contributed by atoms with Gasteiger partial charge in [0.1, 0.15) is 0 Å². The smallest absolute Gasteiger partial charge is 0.0267 e. The molecular weight excluding hydrogens is 200 g/mol. The van der Waals surface area contributed by atoms with Gasteiger partial charge in [-0.3, -0.25) is 4.98 Å². The summed E-state index contributed by atoms with van der Waals surface area (Å²) in [6.45, 7) is 5.55. The number of aromatic nitrogens is 1. The van der Waals surface area contributed by atoms with Crippen molar-refractivity contribution in [1.29, 1.82) is 0 Å². The highest BCUT2D eigenvalue weighted by Crippen LogP contribution is 1.86. The molecule has 0 unspecified atom stereocenters. The van der Waals surface area contributed by atoms with Crippen molar-refractivity contribution >= 4 is 0 Å². The molecule has 0 spiro atoms. The van der Waals surface area contributed by atoms with E-state index in [1.165, 1.54) is 6.42 Å². The molecule has 4 heteroatoms. The van der Waals surface area contributed by atoms with E-state index in [9.17, 15) is 0 Å². The van der Waals surface area contributed by atoms with Gasteiger partial charge >= 0.3 is 0 Å². The fourth-order valence-corrected chi connectivity index (χ4v) is 1.06. The second-order valence-corrected chi connectivity index (χ2v) is 3.57. The molecule has 0 saturated heterocycles. The molecule has 0 aromatic carbocycles. The Bertz CT molecular complexity index is 185. The molecule has 0 saturated carbocycles. The van der Waals surface area contributed by atoms with E-state index in [1.54, 1.807) is 12.4 Å². The number of nitrogens with one attached hydrogen (secondary N) is 1. The van der Waals surface area contributed by atoms with Gasteiger partial charge in [0.25, 0.3) is 0 Å². The molecule has 0 aliphatic heterocycles. The second-order valence-electron chi connectivity index (χ2n) is 3.57. The van der Waals surface area contributed by atoms with Crippen molar-refractivity contribution in [2.45, 2.75) is 13.3 Å². The summed E-state index contributed by atoms with van der Waals surface area (Å²) >= 11 is 0. The van der Waals surface area contributed by atoms with Crippen LogP contribution in [0.15, 0.2) is 30.6 Å². The van der Waals surface area contributed by atoms with Gasteiger partial charge in [0.2, 0.25) is 0 Å². The lowest BCUT2D eigenvalue weighted by Crippen LogP contribution is -2.33. The van der Waals surface area contributed by atoms with Crippen LogP contribution in [0.1, 0.15) is 13.3 Å². The average molecular weight is 224 g/mol. The molecule has 92 valence electrons. The van der Waals surface area contributed by atoms with Crippen molar-refractivity contribution in [3.8, 4) is 0 Å². The van der Waals surface area contributed by atoms with Gasteiger partial charge in [0.05, 0.1) is 0 Å². The molecule has 0 aliphatic carbocycles. The quantitative estimate of drug-likeness (QED) is 0.618. The summed E-state index contributed by atoms with van der Waals surface area (Å²) in [4.78, 5) is 3.78. The molecule has 0 amide bonds. The van der Waals surface area contributed by atoms with Gasteiger partial charge in [-0.2, -0.15) is 0 Å². The SMILES string of the molecule is CCCNCC(CN)CN.c1ccncc1. The van der Waals surface area contributed by atoms with E-state index in [0.717, 1.165) is 13.1 Å². The van der Waals surface area contributed by atoms with Crippen molar-refractivity contribution in [2.24, 2.45) is 17.4 Å². The molecule has 1 aromatic heterocycles. The maximum absolute atomic E-state index is 5.45. The Hall–Kier alpha value is -0.970. The van der Waals surface area contributed by atoms with Gasteiger partial charge in [-0.25, -0.2) is 0 Å². The van der Waals surface area contributed by atoms with E-state index in [-0.39, 0.29) is 0 Å². The Morgan fingerprint density at radius 2 is 1.75 bits per heavy atom. The second kappa shape index (κ2) is 12.1. The van der Waals surface area contributed by atoms with Gasteiger partial charge in [0, 0.05) is 18.9 Å². The van der Waals surface area contributed by atoms with E-state index >= 15 is 0 Å². The van der Waals surface area contributed by atoms with Gasteiger partial charge in [-0.1, -0.05) is 13.0 Å². The highest BCUT2D eigenvalue weighted by Gasteiger charge is 2.00. The third-order valence-electron chi connectivity index (χ3n) is 2.09. The number of nitrogens with two attached hydrogens (primary N) is 2. The van der Waals surface area contributed by atoms with Crippen LogP contribution in [0.4, 0.5) is 0 Å². The molecular formula is C12H24N4. The van der Waals surface area contributed by atoms with Crippen LogP contribution in [-0.2, 0) is 0 Å². The van der Waals surface area contributed by atoms with Crippen LogP contribution in [0.3, 0.4) is 0 Å². The van der Waals surface area contributed by atoms with Crippen molar-refractivity contribution in [1.82, 2.24) is 10.3 Å². The minimum absolute atomic E-state index is 0.451. The van der Waals surface area contributed by atoms with Crippen molar-refractivity contribution in [3.63, 3.8) is 0 Å². The van der Waals surface area contributed by atoms with Crippen molar-refractivity contribution in [3.05, 3.63) is 30.6 Å². The third-order valence-corrected chi connectivity index (χ3v) is 2.09. The van der Waals surface area contributed by atoms with Crippen LogP contribution in [-0.4, -0.2) is 31.2 Å². The number of hydrogen-bond donors (Lipinski definition) is 3. The fraction of sp³-hybridized carbons (Fsp3) is 0.583. The zero-order chi connectivity index (χ0) is 12.1. The predicted octanol–water partition coefficient (Wildman–Crippen LogP) is 0.601. The van der Waals surface area contributed by atoms with Crippen LogP contribution < -0.4 is 16.8 Å². The van der Waals surface area contributed by atoms with E-state index < -0.39 is 0 Å². The van der Waals surface area contributed by atoms with E-state index in [1.807, 2.05) is 18.2 Å². The zero-order valence-electron chi connectivity index (χ0n) is 10.1. The molecule has 0 bridgehead atoms. The predicted molar refractivity (Wildman–Crippen MR) is 69.0 cm³/mol. The normalized spacial score (nSPS) is 9.75. The molecule has 4 nitrogen and oxygen atoms in total. The summed E-state index contributed by atoms with van der Waals surface area (Å²) in [5.41, 5.74) is 10.9. The van der Waals surface area contributed by atoms with Crippen LogP contribution in [0.5, 0.6) is 0 Å². The first-order valence-electron chi connectivity index (χ1n) is 5.81. The maximum atomic E-state index is 5.45. The van der Waals surface area contributed by atoms with Gasteiger partial charge in [-0.05, 0) is 44.1 Å². The Morgan fingerprint density at radius 1 is 1.12 bits per heavy atom. The number of rotatable bonds is 6. The molecule has 1 rings (SSSR count). The summed E-state index contributed by atoms with van der Waals surface area (Å²) < 4.78 is 0. The largest absolute Gasteiger partial charge is 0.330 e. The molecule has 5 N–H and O–H groups in total. The van der Waals surface area contributed by atoms with E-state index in [2.05, 4.69) is 17.2 Å². The van der Waals surface area contributed by atoms with Gasteiger partial charge in [0.15, 0.2) is 0 Å². The Balaban J connectivity index is 0.000000315. The standard InChI is InChI=1S/C7H19N3.C5H5N/c1-2-3-10-6-7(4-8)5-9;1-2-4-6-5-3-1/h7,10H,2-6,8-9H2,1H3;1-5H. The minimum atomic E-state index is 0.451. The molecule has 0 radical (unpaired) electrons. The molecule has 0 atom stereocenters. The highest BCUT2D eigenvalue weighted by molar-refractivity contribution is 4.88. The average Bonchev–Trinajstić information content (AvgIpc) is 2.38. The number of hydrogen-bond acceptors (Lipinski definition) is 4. The minimum Gasteiger partial charge on any atom is -0.330 e. The summed E-state index contributed by atoms with van der Waals surface area (Å²) in [6.07, 6.45) is 4.67. The van der Waals surface area contributed by atoms with Gasteiger partial charge < -0.3 is 16.8 Å². The molecule has 0 fully saturated rings. The summed E-state index contributed by atoms with van der Waals surface area (Å²) in [5, 5.41) is 3.28. The monoisotopic (exact) mass is 224 g/mol. The fourth-order valence-electron chi connectivity index (χ4n) is 1.06. The summed E-state index contributed by atoms with van der Waals surface area (Å²) in [5.74, 6) is 0.451. The molecule has 0 aliphatic rings. The first-order valence-corrected chi connectivity index (χ1v) is 5.81. The maximum Gasteiger partial charge on any atom is 0.0267 e. The van der Waals surface area contributed by atoms with E-state index in [0.29, 0.717) is 19.0 Å². The first kappa shape index (κ1) is 15.0. The summed E-state index contributed by atoms with van der Waals surface area (Å²) in [7, 11) is 0. The third kappa shape index (κ3) is 9.58. The lowest BCUT2D eigenvalue weighted by Gasteiger charge is -2.11. The Morgan fingerprint density at radius 3 is 2.06 bits per heavy atom. The highest BCUT2D eigenvalue weighted by atomic mass is 14.9. The number of nitrogens with zero attached hydrogens (tertiary/aromatic N) is 1. The summed E-state index contributed by atoms with van der Waals surface area (Å²) in [6, 6.07) is 5.72. The van der Waals surface area contributed by atoms with Crippen LogP contribution in [0, 0.1) is 5.92 Å². The first-order chi connectivity index (χ1) is 7.85. The lowest BCUT2D eigenvalue weighted by molar-refractivity contribution is 0.493. The molecule has 1 aromatic rings. The lowest BCUT2D eigenvalue weighted by atomic mass is 10.1. The van der Waals surface area contributed by atoms with E-state index in [4.69, 9.17) is 11.5 Å². The molecule has 16 heavy (non-hydrogen) atoms. The van der Waals surface area contributed by atoms with Gasteiger partial charge in [-0.15, -0.1) is 0 Å². The van der Waals surface area contributed by atoms with Crippen LogP contribution >= 0.6 is 0 Å². The molecule has 1 heterocycles. The Kier molecular flexibility index (Phi) is 11.4. The van der Waals surface area contributed by atoms with Crippen molar-refractivity contribution < 1.29 is 0 Å². The Labute approximate surface area is 98.4 Å². The zero-order valence-corrected chi connectivity index (χ0v) is 10.1. The topological polar surface area (TPSA) is 77.0 Å².